The fourth-order valence-electron chi connectivity index (χ4n) is 2.79. The van der Waals surface area contributed by atoms with Crippen LogP contribution in [0.5, 0.6) is 0 Å². The summed E-state index contributed by atoms with van der Waals surface area (Å²) in [5.41, 5.74) is 1.38. The van der Waals surface area contributed by atoms with Gasteiger partial charge in [0.05, 0.1) is 0 Å². The number of piperidine rings is 1. The van der Waals surface area contributed by atoms with Gasteiger partial charge in [-0.3, -0.25) is 9.59 Å². The van der Waals surface area contributed by atoms with E-state index in [1.165, 1.54) is 0 Å². The van der Waals surface area contributed by atoms with Crippen molar-refractivity contribution in [2.45, 2.75) is 46.6 Å². The van der Waals surface area contributed by atoms with Crippen LogP contribution in [0.15, 0.2) is 24.3 Å². The molecule has 1 aliphatic rings. The van der Waals surface area contributed by atoms with Gasteiger partial charge in [0.15, 0.2) is 0 Å². The van der Waals surface area contributed by atoms with E-state index in [0.717, 1.165) is 37.1 Å². The molecule has 0 atom stereocenters. The van der Waals surface area contributed by atoms with Crippen molar-refractivity contribution >= 4 is 11.8 Å². The van der Waals surface area contributed by atoms with E-state index in [9.17, 15) is 9.59 Å². The molecule has 2 rings (SSSR count). The summed E-state index contributed by atoms with van der Waals surface area (Å²) in [6, 6.07) is 7.76. The lowest BCUT2D eigenvalue weighted by Crippen LogP contribution is -2.49. The third-order valence-electron chi connectivity index (χ3n) is 4.15. The van der Waals surface area contributed by atoms with Crippen LogP contribution in [0.3, 0.4) is 0 Å². The molecule has 0 bridgehead atoms. The van der Waals surface area contributed by atoms with E-state index >= 15 is 0 Å². The number of nitrogens with zero attached hydrogens (tertiary/aromatic N) is 1. The van der Waals surface area contributed by atoms with E-state index in [0.29, 0.717) is 0 Å². The number of nitrogens with one attached hydrogen (secondary N) is 1. The van der Waals surface area contributed by atoms with Crippen molar-refractivity contribution < 1.29 is 9.59 Å². The number of rotatable bonds is 2. The maximum Gasteiger partial charge on any atom is 0.251 e. The normalized spacial score (nSPS) is 16.5. The fraction of sp³-hybridized carbons (Fsp3) is 0.556. The molecule has 4 nitrogen and oxygen atoms in total. The minimum atomic E-state index is -0.336. The molecule has 1 saturated heterocycles. The Morgan fingerprint density at radius 1 is 1.14 bits per heavy atom. The second kappa shape index (κ2) is 6.51. The largest absolute Gasteiger partial charge is 0.349 e. The Bertz CT molecular complexity index is 552. The summed E-state index contributed by atoms with van der Waals surface area (Å²) in [4.78, 5) is 26.5. The summed E-state index contributed by atoms with van der Waals surface area (Å²) in [5, 5.41) is 3.10. The number of aryl methyl sites for hydroxylation is 1. The molecule has 1 N–H and O–H groups in total. The van der Waals surface area contributed by atoms with E-state index in [4.69, 9.17) is 0 Å². The molecule has 2 amide bonds. The molecular weight excluding hydrogens is 276 g/mol. The molecule has 0 aliphatic carbocycles. The van der Waals surface area contributed by atoms with Crippen LogP contribution in [0.4, 0.5) is 0 Å². The zero-order chi connectivity index (χ0) is 16.3. The Kier molecular flexibility index (Phi) is 4.89. The zero-order valence-corrected chi connectivity index (χ0v) is 14.0. The first-order valence-electron chi connectivity index (χ1n) is 7.95. The lowest BCUT2D eigenvalue weighted by molar-refractivity contribution is -0.140. The first-order valence-corrected chi connectivity index (χ1v) is 7.95. The molecule has 22 heavy (non-hydrogen) atoms. The summed E-state index contributed by atoms with van der Waals surface area (Å²) in [5.74, 6) is 0.176. The maximum atomic E-state index is 12.3. The molecule has 0 unspecified atom stereocenters. The minimum absolute atomic E-state index is 0.0151. The van der Waals surface area contributed by atoms with Crippen molar-refractivity contribution in [3.63, 3.8) is 0 Å². The van der Waals surface area contributed by atoms with Crippen LogP contribution in [0.25, 0.3) is 0 Å². The highest BCUT2D eigenvalue weighted by molar-refractivity contribution is 5.95. The summed E-state index contributed by atoms with van der Waals surface area (Å²) in [7, 11) is 0. The van der Waals surface area contributed by atoms with Crippen LogP contribution in [-0.4, -0.2) is 35.8 Å². The second-order valence-corrected chi connectivity index (χ2v) is 7.10. The highest BCUT2D eigenvalue weighted by atomic mass is 16.2. The van der Waals surface area contributed by atoms with Crippen molar-refractivity contribution in [1.29, 1.82) is 0 Å². The van der Waals surface area contributed by atoms with E-state index in [1.54, 1.807) is 0 Å². The molecule has 1 aliphatic heterocycles. The standard InChI is InChI=1S/C18H26N2O2/c1-13-7-5-6-8-15(13)16(21)19-14-9-11-20(12-10-14)17(22)18(2,3)4/h5-8,14H,9-12H2,1-4H3,(H,19,21). The minimum Gasteiger partial charge on any atom is -0.349 e. The molecule has 1 aromatic rings. The quantitative estimate of drug-likeness (QED) is 0.913. The fourth-order valence-corrected chi connectivity index (χ4v) is 2.79. The molecule has 0 spiro atoms. The van der Waals surface area contributed by atoms with Gasteiger partial charge < -0.3 is 10.2 Å². The Morgan fingerprint density at radius 2 is 1.73 bits per heavy atom. The van der Waals surface area contributed by atoms with Gasteiger partial charge in [-0.1, -0.05) is 39.0 Å². The van der Waals surface area contributed by atoms with Crippen molar-refractivity contribution in [1.82, 2.24) is 10.2 Å². The highest BCUT2D eigenvalue weighted by Gasteiger charge is 2.30. The van der Waals surface area contributed by atoms with Gasteiger partial charge in [0.1, 0.15) is 0 Å². The topological polar surface area (TPSA) is 49.4 Å². The first-order chi connectivity index (χ1) is 10.3. The SMILES string of the molecule is Cc1ccccc1C(=O)NC1CCN(C(=O)C(C)(C)C)CC1. The van der Waals surface area contributed by atoms with Crippen LogP contribution in [0.1, 0.15) is 49.5 Å². The molecule has 0 radical (unpaired) electrons. The van der Waals surface area contributed by atoms with Crippen molar-refractivity contribution in [2.75, 3.05) is 13.1 Å². The third kappa shape index (κ3) is 3.87. The van der Waals surface area contributed by atoms with Gasteiger partial charge in [-0.2, -0.15) is 0 Å². The number of carbonyl (C=O) groups excluding carboxylic acids is 2. The highest BCUT2D eigenvalue weighted by Crippen LogP contribution is 2.21. The molecule has 0 aromatic heterocycles. The smallest absolute Gasteiger partial charge is 0.251 e. The Balaban J connectivity index is 1.89. The van der Waals surface area contributed by atoms with E-state index in [2.05, 4.69) is 5.32 Å². The number of benzene rings is 1. The van der Waals surface area contributed by atoms with Crippen molar-refractivity contribution in [3.05, 3.63) is 35.4 Å². The monoisotopic (exact) mass is 302 g/mol. The van der Waals surface area contributed by atoms with E-state index in [1.807, 2.05) is 56.9 Å². The predicted molar refractivity (Wildman–Crippen MR) is 87.7 cm³/mol. The third-order valence-corrected chi connectivity index (χ3v) is 4.15. The predicted octanol–water partition coefficient (Wildman–Crippen LogP) is 2.76. The van der Waals surface area contributed by atoms with Crippen LogP contribution in [0, 0.1) is 12.3 Å². The van der Waals surface area contributed by atoms with Crippen LogP contribution >= 0.6 is 0 Å². The number of likely N-dealkylation sites (tertiary alicyclic amines) is 1. The summed E-state index contributed by atoms with van der Waals surface area (Å²) >= 11 is 0. The lowest BCUT2D eigenvalue weighted by atomic mass is 9.93. The Hall–Kier alpha value is -1.84. The average Bonchev–Trinajstić information content (AvgIpc) is 2.46. The van der Waals surface area contributed by atoms with E-state index < -0.39 is 0 Å². The summed E-state index contributed by atoms with van der Waals surface area (Å²) in [6.07, 6.45) is 1.64. The molecular formula is C18H26N2O2. The average molecular weight is 302 g/mol. The molecule has 1 fully saturated rings. The molecule has 120 valence electrons. The molecule has 1 heterocycles. The summed E-state index contributed by atoms with van der Waals surface area (Å²) in [6.45, 7) is 9.22. The number of hydrogen-bond donors (Lipinski definition) is 1. The van der Waals surface area contributed by atoms with Crippen molar-refractivity contribution in [2.24, 2.45) is 5.41 Å². The van der Waals surface area contributed by atoms with Gasteiger partial charge in [0.2, 0.25) is 5.91 Å². The summed E-state index contributed by atoms with van der Waals surface area (Å²) < 4.78 is 0. The van der Waals surface area contributed by atoms with Crippen LogP contribution in [-0.2, 0) is 4.79 Å². The zero-order valence-electron chi connectivity index (χ0n) is 14.0. The Labute approximate surface area is 132 Å². The van der Waals surface area contributed by atoms with Gasteiger partial charge >= 0.3 is 0 Å². The molecule has 1 aromatic carbocycles. The number of hydrogen-bond acceptors (Lipinski definition) is 2. The lowest BCUT2D eigenvalue weighted by Gasteiger charge is -2.36. The maximum absolute atomic E-state index is 12.3. The van der Waals surface area contributed by atoms with Gasteiger partial charge in [-0.25, -0.2) is 0 Å². The van der Waals surface area contributed by atoms with Crippen LogP contribution < -0.4 is 5.32 Å². The van der Waals surface area contributed by atoms with Gasteiger partial charge in [0.25, 0.3) is 5.91 Å². The number of carbonyl (C=O) groups is 2. The van der Waals surface area contributed by atoms with Gasteiger partial charge in [-0.05, 0) is 31.4 Å². The number of amides is 2. The molecule has 4 heteroatoms. The van der Waals surface area contributed by atoms with Crippen molar-refractivity contribution in [3.8, 4) is 0 Å². The van der Waals surface area contributed by atoms with Crippen LogP contribution in [0.2, 0.25) is 0 Å². The van der Waals surface area contributed by atoms with E-state index in [-0.39, 0.29) is 23.3 Å². The first kappa shape index (κ1) is 16.5. The second-order valence-electron chi connectivity index (χ2n) is 7.10. The van der Waals surface area contributed by atoms with Gasteiger partial charge in [-0.15, -0.1) is 0 Å². The Morgan fingerprint density at radius 3 is 2.27 bits per heavy atom. The molecule has 0 saturated carbocycles. The van der Waals surface area contributed by atoms with Gasteiger partial charge in [0, 0.05) is 30.1 Å².